The first-order valence-electron chi connectivity index (χ1n) is 2.90. The van der Waals surface area contributed by atoms with Crippen LogP contribution in [0.15, 0.2) is 0 Å². The van der Waals surface area contributed by atoms with Crippen LogP contribution in [0.1, 0.15) is 10.6 Å². The summed E-state index contributed by atoms with van der Waals surface area (Å²) < 4.78 is 5.67. The van der Waals surface area contributed by atoms with Gasteiger partial charge in [-0.05, 0) is 0 Å². The van der Waals surface area contributed by atoms with Crippen LogP contribution < -0.4 is 5.73 Å². The molecule has 6 heteroatoms. The van der Waals surface area contributed by atoms with Crippen LogP contribution in [0.3, 0.4) is 0 Å². The van der Waals surface area contributed by atoms with Crippen molar-refractivity contribution in [3.05, 3.63) is 5.82 Å². The molecule has 0 unspecified atom stereocenters. The minimum Gasteiger partial charge on any atom is -0.463 e. The quantitative estimate of drug-likeness (QED) is 0.537. The van der Waals surface area contributed by atoms with Crippen LogP contribution >= 0.6 is 0 Å². The highest BCUT2D eigenvalue weighted by Crippen LogP contribution is 1.97. The number of nitrogens with zero attached hydrogens (tertiary/aromatic N) is 3. The van der Waals surface area contributed by atoms with Gasteiger partial charge in [0.1, 0.15) is 0 Å². The van der Waals surface area contributed by atoms with Crippen molar-refractivity contribution in [3.63, 3.8) is 0 Å². The fourth-order valence-electron chi connectivity index (χ4n) is 0.574. The molecule has 0 amide bonds. The summed E-state index contributed by atoms with van der Waals surface area (Å²) in [5.41, 5.74) is 5.31. The highest BCUT2D eigenvalue weighted by molar-refractivity contribution is 5.85. The molecule has 2 N–H and O–H groups in total. The predicted molar refractivity (Wildman–Crippen MR) is 36.8 cm³/mol. The van der Waals surface area contributed by atoms with Crippen molar-refractivity contribution in [1.29, 1.82) is 0 Å². The Bertz CT molecular complexity index is 261. The summed E-state index contributed by atoms with van der Waals surface area (Å²) in [5, 5.41) is 3.69. The second kappa shape index (κ2) is 2.57. The molecule has 1 heterocycles. The van der Waals surface area contributed by atoms with E-state index in [1.54, 1.807) is 7.05 Å². The summed E-state index contributed by atoms with van der Waals surface area (Å²) in [4.78, 5) is 14.4. The van der Waals surface area contributed by atoms with Gasteiger partial charge in [0.2, 0.25) is 5.95 Å². The number of nitrogens with two attached hydrogens (primary N) is 1. The molecule has 0 saturated carbocycles. The molecular weight excluding hydrogens is 148 g/mol. The molecule has 1 aromatic heterocycles. The highest BCUT2D eigenvalue weighted by atomic mass is 16.5. The first-order valence-corrected chi connectivity index (χ1v) is 2.90. The molecule has 0 radical (unpaired) electrons. The van der Waals surface area contributed by atoms with E-state index in [1.807, 2.05) is 0 Å². The molecule has 0 aromatic carbocycles. The Kier molecular flexibility index (Phi) is 1.75. The monoisotopic (exact) mass is 156 g/mol. The molecule has 0 atom stereocenters. The van der Waals surface area contributed by atoms with Crippen LogP contribution in [0.4, 0.5) is 5.95 Å². The third-order valence-corrected chi connectivity index (χ3v) is 1.16. The van der Waals surface area contributed by atoms with E-state index in [0.717, 1.165) is 0 Å². The Morgan fingerprint density at radius 1 is 1.73 bits per heavy atom. The molecule has 0 aliphatic carbocycles. The summed E-state index contributed by atoms with van der Waals surface area (Å²) in [6, 6.07) is 0. The van der Waals surface area contributed by atoms with Crippen molar-refractivity contribution in [2.75, 3.05) is 12.8 Å². The maximum Gasteiger partial charge on any atom is 0.378 e. The fraction of sp³-hybridized carbons (Fsp3) is 0.400. The standard InChI is InChI=1S/C5H8N4O2/c1-9-5(6)7-3(8-9)4(10)11-2/h1-2H3,(H2,6,7,8). The smallest absolute Gasteiger partial charge is 0.378 e. The number of rotatable bonds is 1. The van der Waals surface area contributed by atoms with Crippen LogP contribution in [0.25, 0.3) is 0 Å². The third-order valence-electron chi connectivity index (χ3n) is 1.16. The highest BCUT2D eigenvalue weighted by Gasteiger charge is 2.12. The lowest BCUT2D eigenvalue weighted by Gasteiger charge is -1.88. The van der Waals surface area contributed by atoms with Crippen molar-refractivity contribution < 1.29 is 9.53 Å². The van der Waals surface area contributed by atoms with Crippen molar-refractivity contribution in [1.82, 2.24) is 14.8 Å². The maximum absolute atomic E-state index is 10.8. The Balaban J connectivity index is 2.97. The lowest BCUT2D eigenvalue weighted by Crippen LogP contribution is -2.04. The van der Waals surface area contributed by atoms with Crippen LogP contribution in [-0.4, -0.2) is 27.8 Å². The van der Waals surface area contributed by atoms with Gasteiger partial charge in [-0.3, -0.25) is 0 Å². The molecule has 1 rings (SSSR count). The van der Waals surface area contributed by atoms with Gasteiger partial charge in [-0.25, -0.2) is 9.48 Å². The molecule has 0 aliphatic heterocycles. The summed E-state index contributed by atoms with van der Waals surface area (Å²) in [7, 11) is 2.85. The molecular formula is C5H8N4O2. The van der Waals surface area contributed by atoms with Gasteiger partial charge >= 0.3 is 5.97 Å². The van der Waals surface area contributed by atoms with E-state index < -0.39 is 5.97 Å². The first kappa shape index (κ1) is 7.52. The zero-order valence-electron chi connectivity index (χ0n) is 6.24. The third kappa shape index (κ3) is 1.28. The number of aromatic nitrogens is 3. The molecule has 0 aliphatic rings. The average Bonchev–Trinajstić information content (AvgIpc) is 2.31. The fourth-order valence-corrected chi connectivity index (χ4v) is 0.574. The van der Waals surface area contributed by atoms with Crippen LogP contribution in [-0.2, 0) is 11.8 Å². The van der Waals surface area contributed by atoms with Crippen molar-refractivity contribution >= 4 is 11.9 Å². The molecule has 6 nitrogen and oxygen atoms in total. The van der Waals surface area contributed by atoms with Crippen LogP contribution in [0.2, 0.25) is 0 Å². The molecule has 11 heavy (non-hydrogen) atoms. The summed E-state index contributed by atoms with van der Waals surface area (Å²) >= 11 is 0. The number of hydrogen-bond acceptors (Lipinski definition) is 5. The van der Waals surface area contributed by atoms with Gasteiger partial charge in [-0.2, -0.15) is 4.98 Å². The van der Waals surface area contributed by atoms with E-state index in [9.17, 15) is 4.79 Å². The van der Waals surface area contributed by atoms with E-state index in [2.05, 4.69) is 14.8 Å². The van der Waals surface area contributed by atoms with Gasteiger partial charge in [0.25, 0.3) is 5.82 Å². The number of anilines is 1. The Morgan fingerprint density at radius 3 is 2.73 bits per heavy atom. The second-order valence-electron chi connectivity index (χ2n) is 1.91. The topological polar surface area (TPSA) is 83.0 Å². The second-order valence-corrected chi connectivity index (χ2v) is 1.91. The molecule has 60 valence electrons. The molecule has 0 bridgehead atoms. The average molecular weight is 156 g/mol. The van der Waals surface area contributed by atoms with Gasteiger partial charge in [0, 0.05) is 7.05 Å². The lowest BCUT2D eigenvalue weighted by molar-refractivity contribution is 0.0586. The molecule has 0 fully saturated rings. The van der Waals surface area contributed by atoms with Crippen LogP contribution in [0, 0.1) is 0 Å². The Morgan fingerprint density at radius 2 is 2.36 bits per heavy atom. The SMILES string of the molecule is COC(=O)c1nc(N)n(C)n1. The number of esters is 1. The molecule has 0 saturated heterocycles. The molecule has 1 aromatic rings. The van der Waals surface area contributed by atoms with Gasteiger partial charge in [-0.1, -0.05) is 0 Å². The number of hydrogen-bond donors (Lipinski definition) is 1. The van der Waals surface area contributed by atoms with Crippen molar-refractivity contribution in [2.45, 2.75) is 0 Å². The normalized spacial score (nSPS) is 9.64. The number of methoxy groups -OCH3 is 1. The van der Waals surface area contributed by atoms with E-state index in [4.69, 9.17) is 5.73 Å². The van der Waals surface area contributed by atoms with Gasteiger partial charge in [0.15, 0.2) is 0 Å². The largest absolute Gasteiger partial charge is 0.463 e. The van der Waals surface area contributed by atoms with E-state index >= 15 is 0 Å². The summed E-state index contributed by atoms with van der Waals surface area (Å²) in [5.74, 6) is -0.421. The predicted octanol–water partition coefficient (Wildman–Crippen LogP) is -0.816. The Hall–Kier alpha value is -1.59. The number of nitrogen functional groups attached to an aromatic ring is 1. The van der Waals surface area contributed by atoms with E-state index in [-0.39, 0.29) is 11.8 Å². The minimum absolute atomic E-state index is 0.0208. The summed E-state index contributed by atoms with van der Waals surface area (Å²) in [6.45, 7) is 0. The minimum atomic E-state index is -0.586. The van der Waals surface area contributed by atoms with E-state index in [1.165, 1.54) is 11.8 Å². The number of aryl methyl sites for hydroxylation is 1. The van der Waals surface area contributed by atoms with E-state index in [0.29, 0.717) is 0 Å². The van der Waals surface area contributed by atoms with Gasteiger partial charge in [0.05, 0.1) is 7.11 Å². The van der Waals surface area contributed by atoms with Gasteiger partial charge < -0.3 is 10.5 Å². The Labute approximate surface area is 63.0 Å². The zero-order chi connectivity index (χ0) is 8.43. The number of ether oxygens (including phenoxy) is 1. The number of carbonyl (C=O) groups excluding carboxylic acids is 1. The maximum atomic E-state index is 10.8. The van der Waals surface area contributed by atoms with Crippen molar-refractivity contribution in [3.8, 4) is 0 Å². The van der Waals surface area contributed by atoms with Gasteiger partial charge in [-0.15, -0.1) is 5.10 Å². The lowest BCUT2D eigenvalue weighted by atomic mass is 10.6. The molecule has 0 spiro atoms. The summed E-state index contributed by atoms with van der Waals surface area (Å²) in [6.07, 6.45) is 0. The zero-order valence-corrected chi connectivity index (χ0v) is 6.24. The number of carbonyl (C=O) groups is 1. The first-order chi connectivity index (χ1) is 5.15. The van der Waals surface area contributed by atoms with Crippen LogP contribution in [0.5, 0.6) is 0 Å². The van der Waals surface area contributed by atoms with Crippen molar-refractivity contribution in [2.24, 2.45) is 7.05 Å².